The fourth-order valence-corrected chi connectivity index (χ4v) is 4.08. The van der Waals surface area contributed by atoms with Crippen LogP contribution >= 0.6 is 11.8 Å². The molecule has 2 N–H and O–H groups in total. The van der Waals surface area contributed by atoms with Crippen molar-refractivity contribution in [3.05, 3.63) is 0 Å². The smallest absolute Gasteiger partial charge is 0.222 e. The molecule has 3 rings (SSSR count). The molecule has 0 amide bonds. The number of anilines is 1. The van der Waals surface area contributed by atoms with Crippen LogP contribution in [0.4, 0.5) is 5.95 Å². The van der Waals surface area contributed by atoms with Crippen LogP contribution in [0.2, 0.25) is 0 Å². The molecule has 2 saturated carbocycles. The quantitative estimate of drug-likeness (QED) is 0.858. The average molecular weight is 280 g/mol. The van der Waals surface area contributed by atoms with Gasteiger partial charge < -0.3 is 5.73 Å². The second-order valence-corrected chi connectivity index (χ2v) is 7.85. The van der Waals surface area contributed by atoms with Gasteiger partial charge in [-0.3, -0.25) is 4.57 Å². The van der Waals surface area contributed by atoms with Gasteiger partial charge in [0.2, 0.25) is 5.95 Å². The van der Waals surface area contributed by atoms with Crippen molar-refractivity contribution in [2.24, 2.45) is 11.3 Å². The predicted molar refractivity (Wildman–Crippen MR) is 79.2 cm³/mol. The van der Waals surface area contributed by atoms with Crippen LogP contribution in [-0.4, -0.2) is 20.5 Å². The van der Waals surface area contributed by atoms with E-state index in [0.717, 1.165) is 11.1 Å². The number of thioether (sulfide) groups is 1. The summed E-state index contributed by atoms with van der Waals surface area (Å²) < 4.78 is 2.14. The highest BCUT2D eigenvalue weighted by Gasteiger charge is 2.30. The molecule has 1 aromatic heterocycles. The summed E-state index contributed by atoms with van der Waals surface area (Å²) in [6.07, 6.45) is 7.88. The fraction of sp³-hybridized carbons (Fsp3) is 0.857. The lowest BCUT2D eigenvalue weighted by Gasteiger charge is -2.34. The van der Waals surface area contributed by atoms with Crippen LogP contribution in [0.3, 0.4) is 0 Å². The number of rotatable bonds is 4. The van der Waals surface area contributed by atoms with E-state index in [9.17, 15) is 0 Å². The third-order valence-corrected chi connectivity index (χ3v) is 5.68. The first-order valence-corrected chi connectivity index (χ1v) is 8.37. The first-order chi connectivity index (χ1) is 9.05. The van der Waals surface area contributed by atoms with Gasteiger partial charge in [0.05, 0.1) is 0 Å². The van der Waals surface area contributed by atoms with Crippen LogP contribution in [-0.2, 0) is 0 Å². The van der Waals surface area contributed by atoms with Crippen molar-refractivity contribution >= 4 is 17.7 Å². The van der Waals surface area contributed by atoms with Crippen LogP contribution in [0.1, 0.15) is 58.4 Å². The van der Waals surface area contributed by atoms with E-state index in [2.05, 4.69) is 28.6 Å². The van der Waals surface area contributed by atoms with E-state index >= 15 is 0 Å². The van der Waals surface area contributed by atoms with Crippen molar-refractivity contribution in [3.8, 4) is 0 Å². The van der Waals surface area contributed by atoms with Gasteiger partial charge in [0.15, 0.2) is 5.16 Å². The maximum Gasteiger partial charge on any atom is 0.222 e. The maximum atomic E-state index is 5.90. The minimum Gasteiger partial charge on any atom is -0.368 e. The monoisotopic (exact) mass is 280 g/mol. The highest BCUT2D eigenvalue weighted by molar-refractivity contribution is 7.99. The molecule has 2 fully saturated rings. The second kappa shape index (κ2) is 5.00. The zero-order chi connectivity index (χ0) is 13.5. The molecule has 0 unspecified atom stereocenters. The third kappa shape index (κ3) is 3.07. The maximum absolute atomic E-state index is 5.90. The Morgan fingerprint density at radius 3 is 2.53 bits per heavy atom. The number of nitrogens with two attached hydrogens (primary N) is 1. The van der Waals surface area contributed by atoms with Gasteiger partial charge in [0, 0.05) is 11.8 Å². The van der Waals surface area contributed by atoms with Gasteiger partial charge in [-0.05, 0) is 49.9 Å². The SMILES string of the molecule is CC1(C)CCC(CSc2nnc(N)n2C2CC2)CC1. The number of hydrogen-bond acceptors (Lipinski definition) is 4. The highest BCUT2D eigenvalue weighted by atomic mass is 32.2. The average Bonchev–Trinajstić information content (AvgIpc) is 3.13. The van der Waals surface area contributed by atoms with E-state index in [-0.39, 0.29) is 0 Å². The van der Waals surface area contributed by atoms with Crippen LogP contribution < -0.4 is 5.73 Å². The van der Waals surface area contributed by atoms with Gasteiger partial charge in [-0.1, -0.05) is 25.6 Å². The van der Waals surface area contributed by atoms with Crippen molar-refractivity contribution in [2.45, 2.75) is 63.6 Å². The Balaban J connectivity index is 1.55. The van der Waals surface area contributed by atoms with Gasteiger partial charge in [-0.15, -0.1) is 10.2 Å². The van der Waals surface area contributed by atoms with Gasteiger partial charge >= 0.3 is 0 Å². The summed E-state index contributed by atoms with van der Waals surface area (Å²) in [5.74, 6) is 2.60. The molecule has 0 aromatic carbocycles. The molecule has 0 aliphatic heterocycles. The Hall–Kier alpha value is -0.710. The fourth-order valence-electron chi connectivity index (χ4n) is 2.88. The van der Waals surface area contributed by atoms with Gasteiger partial charge in [0.25, 0.3) is 0 Å². The summed E-state index contributed by atoms with van der Waals surface area (Å²) in [5, 5.41) is 9.31. The number of aromatic nitrogens is 3. The Bertz CT molecular complexity index is 440. The van der Waals surface area contributed by atoms with E-state index in [4.69, 9.17) is 5.73 Å². The summed E-state index contributed by atoms with van der Waals surface area (Å²) >= 11 is 1.85. The molecule has 0 atom stereocenters. The van der Waals surface area contributed by atoms with Crippen LogP contribution in [0, 0.1) is 11.3 Å². The first-order valence-electron chi connectivity index (χ1n) is 7.38. The summed E-state index contributed by atoms with van der Waals surface area (Å²) in [5.41, 5.74) is 6.46. The van der Waals surface area contributed by atoms with Gasteiger partial charge in [-0.2, -0.15) is 0 Å². The molecule has 0 radical (unpaired) electrons. The second-order valence-electron chi connectivity index (χ2n) is 6.86. The van der Waals surface area contributed by atoms with E-state index in [1.54, 1.807) is 0 Å². The number of nitrogens with zero attached hydrogens (tertiary/aromatic N) is 3. The molecule has 2 aliphatic rings. The normalized spacial score (nSPS) is 23.7. The van der Waals surface area contributed by atoms with E-state index in [0.29, 0.717) is 17.4 Å². The lowest BCUT2D eigenvalue weighted by molar-refractivity contribution is 0.203. The van der Waals surface area contributed by atoms with Crippen molar-refractivity contribution in [2.75, 3.05) is 11.5 Å². The topological polar surface area (TPSA) is 56.7 Å². The molecule has 4 nitrogen and oxygen atoms in total. The molecule has 0 spiro atoms. The Morgan fingerprint density at radius 1 is 1.21 bits per heavy atom. The van der Waals surface area contributed by atoms with Gasteiger partial charge in [-0.25, -0.2) is 0 Å². The lowest BCUT2D eigenvalue weighted by Crippen LogP contribution is -2.22. The molecule has 19 heavy (non-hydrogen) atoms. The summed E-state index contributed by atoms with van der Waals surface area (Å²) in [4.78, 5) is 0. The Labute approximate surface area is 119 Å². The lowest BCUT2D eigenvalue weighted by atomic mass is 9.74. The molecule has 106 valence electrons. The Kier molecular flexibility index (Phi) is 3.50. The number of nitrogen functional groups attached to an aromatic ring is 1. The Morgan fingerprint density at radius 2 is 1.89 bits per heavy atom. The van der Waals surface area contributed by atoms with Gasteiger partial charge in [0.1, 0.15) is 0 Å². The van der Waals surface area contributed by atoms with Crippen LogP contribution in [0.25, 0.3) is 0 Å². The summed E-state index contributed by atoms with van der Waals surface area (Å²) in [7, 11) is 0. The number of hydrogen-bond donors (Lipinski definition) is 1. The van der Waals surface area contributed by atoms with E-state index < -0.39 is 0 Å². The summed E-state index contributed by atoms with van der Waals surface area (Å²) in [6, 6.07) is 0.572. The largest absolute Gasteiger partial charge is 0.368 e. The van der Waals surface area contributed by atoms with Crippen molar-refractivity contribution in [3.63, 3.8) is 0 Å². The predicted octanol–water partition coefficient (Wildman–Crippen LogP) is 3.50. The third-order valence-electron chi connectivity index (χ3n) is 4.51. The standard InChI is InChI=1S/C14H24N4S/c1-14(2)7-5-10(6-8-14)9-19-13-17-16-12(15)18(13)11-3-4-11/h10-11H,3-9H2,1-2H3,(H2,15,16). The summed E-state index contributed by atoms with van der Waals surface area (Å²) in [6.45, 7) is 4.78. The highest BCUT2D eigenvalue weighted by Crippen LogP contribution is 2.42. The molecule has 2 aliphatic carbocycles. The first kappa shape index (κ1) is 13.3. The molecule has 1 aromatic rings. The van der Waals surface area contributed by atoms with Crippen LogP contribution in [0.5, 0.6) is 0 Å². The molecule has 0 bridgehead atoms. The van der Waals surface area contributed by atoms with Crippen LogP contribution in [0.15, 0.2) is 5.16 Å². The molecule has 1 heterocycles. The minimum atomic E-state index is 0.555. The minimum absolute atomic E-state index is 0.555. The molecular weight excluding hydrogens is 256 g/mol. The zero-order valence-electron chi connectivity index (χ0n) is 11.9. The molecule has 5 heteroatoms. The molecular formula is C14H24N4S. The van der Waals surface area contributed by atoms with Crippen molar-refractivity contribution < 1.29 is 0 Å². The molecule has 0 saturated heterocycles. The van der Waals surface area contributed by atoms with Crippen molar-refractivity contribution in [1.82, 2.24) is 14.8 Å². The van der Waals surface area contributed by atoms with E-state index in [1.165, 1.54) is 44.3 Å². The van der Waals surface area contributed by atoms with Crippen molar-refractivity contribution in [1.29, 1.82) is 0 Å². The zero-order valence-corrected chi connectivity index (χ0v) is 12.7. The van der Waals surface area contributed by atoms with E-state index in [1.807, 2.05) is 11.8 Å².